The van der Waals surface area contributed by atoms with Gasteiger partial charge in [0.25, 0.3) is 0 Å². The van der Waals surface area contributed by atoms with Crippen LogP contribution in [-0.4, -0.2) is 62.3 Å². The van der Waals surface area contributed by atoms with Gasteiger partial charge in [-0.25, -0.2) is 0 Å². The molecule has 0 aromatic carbocycles. The van der Waals surface area contributed by atoms with Crippen LogP contribution < -0.4 is 0 Å². The Labute approximate surface area is 87.0 Å². The van der Waals surface area contributed by atoms with Crippen molar-refractivity contribution in [3.8, 4) is 0 Å². The predicted octanol–water partition coefficient (Wildman–Crippen LogP) is 0.801. The van der Waals surface area contributed by atoms with Gasteiger partial charge in [-0.1, -0.05) is 0 Å². The minimum Gasteiger partial charge on any atom is -0.372 e. The van der Waals surface area contributed by atoms with Crippen LogP contribution in [0.1, 0.15) is 19.3 Å². The molecule has 2 aliphatic rings. The maximum atomic E-state index is 5.25. The maximum absolute atomic E-state index is 5.25. The number of nitrogens with zero attached hydrogens (tertiary/aromatic N) is 2. The summed E-state index contributed by atoms with van der Waals surface area (Å²) in [7, 11) is 6.63. The minimum atomic E-state index is 0.462. The van der Waals surface area contributed by atoms with Crippen molar-refractivity contribution in [2.24, 2.45) is 0 Å². The number of likely N-dealkylation sites (N-methyl/N-ethyl adjacent to an activating group) is 2. The third kappa shape index (κ3) is 2.10. The van der Waals surface area contributed by atoms with Crippen LogP contribution in [0.3, 0.4) is 0 Å². The Bertz CT molecular complexity index is 197. The molecule has 14 heavy (non-hydrogen) atoms. The molecule has 1 aliphatic carbocycles. The summed E-state index contributed by atoms with van der Waals surface area (Å²) in [4.78, 5) is 4.83. The zero-order valence-corrected chi connectivity index (χ0v) is 9.62. The fourth-order valence-electron chi connectivity index (χ4n) is 2.42. The van der Waals surface area contributed by atoms with Crippen LogP contribution in [0.4, 0.5) is 0 Å². The van der Waals surface area contributed by atoms with Gasteiger partial charge in [-0.15, -0.1) is 0 Å². The molecule has 1 saturated heterocycles. The van der Waals surface area contributed by atoms with Gasteiger partial charge in [0, 0.05) is 18.6 Å². The van der Waals surface area contributed by atoms with E-state index in [-0.39, 0.29) is 0 Å². The lowest BCUT2D eigenvalue weighted by Gasteiger charge is -2.49. The molecule has 0 radical (unpaired) electrons. The average Bonchev–Trinajstić information content (AvgIpc) is 2.79. The maximum Gasteiger partial charge on any atom is 0.0936 e. The van der Waals surface area contributed by atoms with Crippen LogP contribution >= 0.6 is 0 Å². The number of ether oxygens (including phenoxy) is 1. The smallest absolute Gasteiger partial charge is 0.0936 e. The van der Waals surface area contributed by atoms with E-state index >= 15 is 0 Å². The molecule has 82 valence electrons. The normalized spacial score (nSPS) is 29.4. The Hall–Kier alpha value is -0.120. The predicted molar refractivity (Wildman–Crippen MR) is 57.5 cm³/mol. The average molecular weight is 198 g/mol. The van der Waals surface area contributed by atoms with Gasteiger partial charge >= 0.3 is 0 Å². The molecule has 3 heteroatoms. The van der Waals surface area contributed by atoms with Crippen LogP contribution in [0, 0.1) is 0 Å². The number of rotatable bonds is 5. The molecule has 0 amide bonds. The van der Waals surface area contributed by atoms with Crippen molar-refractivity contribution in [2.75, 3.05) is 40.8 Å². The zero-order chi connectivity index (χ0) is 10.2. The molecule has 3 nitrogen and oxygen atoms in total. The van der Waals surface area contributed by atoms with Gasteiger partial charge in [0.05, 0.1) is 12.7 Å². The van der Waals surface area contributed by atoms with Crippen LogP contribution in [0.25, 0.3) is 0 Å². The zero-order valence-electron chi connectivity index (χ0n) is 9.62. The summed E-state index contributed by atoms with van der Waals surface area (Å²) in [5.41, 5.74) is 0.462. The lowest BCUT2D eigenvalue weighted by atomic mass is 9.75. The van der Waals surface area contributed by atoms with Crippen LogP contribution in [0.5, 0.6) is 0 Å². The Morgan fingerprint density at radius 2 is 1.93 bits per heavy atom. The first-order valence-electron chi connectivity index (χ1n) is 5.60. The highest BCUT2D eigenvalue weighted by Crippen LogP contribution is 2.36. The Morgan fingerprint density at radius 3 is 2.29 bits per heavy atom. The van der Waals surface area contributed by atoms with Gasteiger partial charge in [-0.3, -0.25) is 0 Å². The molecule has 0 N–H and O–H groups in total. The summed E-state index contributed by atoms with van der Waals surface area (Å²) in [5.74, 6) is 0. The van der Waals surface area contributed by atoms with Gasteiger partial charge < -0.3 is 14.5 Å². The molecule has 0 bridgehead atoms. The highest BCUT2D eigenvalue weighted by Gasteiger charge is 2.40. The summed E-state index contributed by atoms with van der Waals surface area (Å²) >= 11 is 0. The van der Waals surface area contributed by atoms with Crippen LogP contribution in [0.15, 0.2) is 0 Å². The van der Waals surface area contributed by atoms with E-state index in [1.807, 2.05) is 0 Å². The number of epoxide rings is 1. The van der Waals surface area contributed by atoms with Crippen LogP contribution in [-0.2, 0) is 4.74 Å². The van der Waals surface area contributed by atoms with Gasteiger partial charge in [-0.05, 0) is 40.4 Å². The van der Waals surface area contributed by atoms with E-state index in [1.54, 1.807) is 0 Å². The van der Waals surface area contributed by atoms with Gasteiger partial charge in [0.1, 0.15) is 0 Å². The summed E-state index contributed by atoms with van der Waals surface area (Å²) < 4.78 is 5.25. The molecule has 1 heterocycles. The van der Waals surface area contributed by atoms with Gasteiger partial charge in [0.15, 0.2) is 0 Å². The van der Waals surface area contributed by atoms with Crippen LogP contribution in [0.2, 0.25) is 0 Å². The molecule has 2 rings (SSSR count). The van der Waals surface area contributed by atoms with Gasteiger partial charge in [0.2, 0.25) is 0 Å². The quantitative estimate of drug-likeness (QED) is 0.609. The molecule has 1 aliphatic heterocycles. The Morgan fingerprint density at radius 1 is 1.29 bits per heavy atom. The monoisotopic (exact) mass is 198 g/mol. The topological polar surface area (TPSA) is 19.0 Å². The van der Waals surface area contributed by atoms with Crippen molar-refractivity contribution in [3.05, 3.63) is 0 Å². The highest BCUT2D eigenvalue weighted by atomic mass is 16.6. The second-order valence-corrected chi connectivity index (χ2v) is 5.12. The van der Waals surface area contributed by atoms with Crippen molar-refractivity contribution >= 4 is 0 Å². The van der Waals surface area contributed by atoms with Crippen molar-refractivity contribution < 1.29 is 4.74 Å². The van der Waals surface area contributed by atoms with E-state index < -0.39 is 0 Å². The molecule has 0 aromatic heterocycles. The molecule has 1 saturated carbocycles. The van der Waals surface area contributed by atoms with E-state index in [4.69, 9.17) is 4.74 Å². The first-order valence-corrected chi connectivity index (χ1v) is 5.60. The molecular weight excluding hydrogens is 176 g/mol. The third-order valence-corrected chi connectivity index (χ3v) is 3.71. The lowest BCUT2D eigenvalue weighted by Crippen LogP contribution is -2.57. The van der Waals surface area contributed by atoms with Crippen molar-refractivity contribution in [1.82, 2.24) is 9.80 Å². The SMILES string of the molecule is CN(CC1CO1)CC1(N(C)C)CCC1. The van der Waals surface area contributed by atoms with E-state index in [1.165, 1.54) is 25.8 Å². The van der Waals surface area contributed by atoms with Crippen molar-refractivity contribution in [3.63, 3.8) is 0 Å². The lowest BCUT2D eigenvalue weighted by molar-refractivity contribution is 0.0264. The first kappa shape index (κ1) is 10.4. The van der Waals surface area contributed by atoms with E-state index in [0.29, 0.717) is 11.6 Å². The number of hydrogen-bond acceptors (Lipinski definition) is 3. The molecule has 1 atom stereocenters. The second kappa shape index (κ2) is 3.80. The van der Waals surface area contributed by atoms with E-state index in [9.17, 15) is 0 Å². The second-order valence-electron chi connectivity index (χ2n) is 5.12. The molecule has 0 spiro atoms. The standard InChI is InChI=1S/C11H22N2O/c1-12(2)11(5-4-6-11)9-13(3)7-10-8-14-10/h10H,4-9H2,1-3H3. The first-order chi connectivity index (χ1) is 6.62. The summed E-state index contributed by atoms with van der Waals surface area (Å²) in [6, 6.07) is 0. The molecule has 0 aromatic rings. The molecular formula is C11H22N2O. The van der Waals surface area contributed by atoms with Crippen molar-refractivity contribution in [2.45, 2.75) is 30.9 Å². The van der Waals surface area contributed by atoms with Gasteiger partial charge in [-0.2, -0.15) is 0 Å². The molecule has 2 fully saturated rings. The highest BCUT2D eigenvalue weighted by molar-refractivity contribution is 4.98. The number of hydrogen-bond donors (Lipinski definition) is 0. The third-order valence-electron chi connectivity index (χ3n) is 3.71. The largest absolute Gasteiger partial charge is 0.372 e. The van der Waals surface area contributed by atoms with E-state index in [2.05, 4.69) is 30.9 Å². The minimum absolute atomic E-state index is 0.462. The summed E-state index contributed by atoms with van der Waals surface area (Å²) in [6.45, 7) is 3.27. The fourth-order valence-corrected chi connectivity index (χ4v) is 2.42. The fraction of sp³-hybridized carbons (Fsp3) is 1.00. The Kier molecular flexibility index (Phi) is 2.82. The van der Waals surface area contributed by atoms with Crippen molar-refractivity contribution in [1.29, 1.82) is 0 Å². The summed E-state index contributed by atoms with van der Waals surface area (Å²) in [5, 5.41) is 0. The Balaban J connectivity index is 1.80. The summed E-state index contributed by atoms with van der Waals surface area (Å²) in [6.07, 6.45) is 4.64. The van der Waals surface area contributed by atoms with E-state index in [0.717, 1.165) is 13.2 Å². The molecule has 1 unspecified atom stereocenters.